The van der Waals surface area contributed by atoms with E-state index in [1.165, 1.54) is 14.0 Å². The lowest BCUT2D eigenvalue weighted by atomic mass is 9.86. The third kappa shape index (κ3) is 5.83. The summed E-state index contributed by atoms with van der Waals surface area (Å²) in [6.45, 7) is 11.5. The van der Waals surface area contributed by atoms with E-state index in [0.717, 1.165) is 18.1 Å². The zero-order valence-electron chi connectivity index (χ0n) is 16.9. The van der Waals surface area contributed by atoms with E-state index >= 15 is 0 Å². The standard InChI is InChI=1S/C21H27F3O2S/c1-12(13(2)22)19(18(24)14(3)23)26-17-10-16(21(4,5)6)9-15(11-27-8)20(17)25-7/h9-10H,2,11H2,1,3-8H3/b18-14?,19-12+. The Morgan fingerprint density at radius 1 is 1.15 bits per heavy atom. The predicted molar refractivity (Wildman–Crippen MR) is 107 cm³/mol. The minimum Gasteiger partial charge on any atom is -0.493 e. The predicted octanol–water partition coefficient (Wildman–Crippen LogP) is 7.16. The molecule has 150 valence electrons. The van der Waals surface area contributed by atoms with Crippen LogP contribution < -0.4 is 9.47 Å². The summed E-state index contributed by atoms with van der Waals surface area (Å²) in [5.41, 5.74) is 1.34. The van der Waals surface area contributed by atoms with Crippen molar-refractivity contribution in [3.8, 4) is 11.5 Å². The lowest BCUT2D eigenvalue weighted by Crippen LogP contribution is -2.13. The maximum atomic E-state index is 14.4. The van der Waals surface area contributed by atoms with Gasteiger partial charge in [0.2, 0.25) is 0 Å². The van der Waals surface area contributed by atoms with Crippen LogP contribution in [0.5, 0.6) is 11.5 Å². The lowest BCUT2D eigenvalue weighted by molar-refractivity contribution is 0.342. The molecule has 6 heteroatoms. The fourth-order valence-corrected chi connectivity index (χ4v) is 2.86. The van der Waals surface area contributed by atoms with Crippen molar-refractivity contribution in [3.05, 3.63) is 58.7 Å². The topological polar surface area (TPSA) is 18.5 Å². The van der Waals surface area contributed by atoms with Crippen molar-refractivity contribution >= 4 is 11.8 Å². The molecule has 0 heterocycles. The Hall–Kier alpha value is -1.82. The van der Waals surface area contributed by atoms with Gasteiger partial charge < -0.3 is 9.47 Å². The number of hydrogen-bond acceptors (Lipinski definition) is 3. The van der Waals surface area contributed by atoms with Crippen molar-refractivity contribution in [1.29, 1.82) is 0 Å². The molecule has 1 rings (SSSR count). The Kier molecular flexibility index (Phi) is 8.08. The lowest BCUT2D eigenvalue weighted by Gasteiger charge is -2.24. The Bertz CT molecular complexity index is 770. The highest BCUT2D eigenvalue weighted by molar-refractivity contribution is 7.97. The SMILES string of the molecule is C=C(F)/C(C)=C(/Oc1cc(C(C)(C)C)cc(CSC)c1OC)C(F)=C(C)F. The van der Waals surface area contributed by atoms with E-state index in [1.54, 1.807) is 17.8 Å². The Labute approximate surface area is 164 Å². The number of rotatable bonds is 7. The van der Waals surface area contributed by atoms with Gasteiger partial charge in [0.1, 0.15) is 11.7 Å². The maximum Gasteiger partial charge on any atom is 0.197 e. The summed E-state index contributed by atoms with van der Waals surface area (Å²) in [5, 5.41) is 0. The van der Waals surface area contributed by atoms with Crippen LogP contribution in [0, 0.1) is 0 Å². The highest BCUT2D eigenvalue weighted by atomic mass is 32.2. The number of ether oxygens (including phenoxy) is 2. The minimum absolute atomic E-state index is 0.195. The van der Waals surface area contributed by atoms with Gasteiger partial charge in [-0.15, -0.1) is 0 Å². The molecular formula is C21H27F3O2S. The quantitative estimate of drug-likeness (QED) is 0.357. The largest absolute Gasteiger partial charge is 0.493 e. The molecule has 27 heavy (non-hydrogen) atoms. The molecule has 0 unspecified atom stereocenters. The minimum atomic E-state index is -1.28. The van der Waals surface area contributed by atoms with Crippen LogP contribution in [-0.2, 0) is 11.2 Å². The number of halogens is 3. The van der Waals surface area contributed by atoms with Gasteiger partial charge in [0.25, 0.3) is 0 Å². The molecule has 0 atom stereocenters. The first-order valence-corrected chi connectivity index (χ1v) is 9.79. The van der Waals surface area contributed by atoms with Crippen molar-refractivity contribution in [1.82, 2.24) is 0 Å². The Morgan fingerprint density at radius 3 is 2.15 bits per heavy atom. The van der Waals surface area contributed by atoms with E-state index in [0.29, 0.717) is 11.5 Å². The third-order valence-electron chi connectivity index (χ3n) is 3.96. The average molecular weight is 401 g/mol. The van der Waals surface area contributed by atoms with Crippen LogP contribution in [0.25, 0.3) is 0 Å². The fraction of sp³-hybridized carbons (Fsp3) is 0.429. The molecule has 0 saturated heterocycles. The van der Waals surface area contributed by atoms with Gasteiger partial charge in [-0.3, -0.25) is 0 Å². The smallest absolute Gasteiger partial charge is 0.197 e. The summed E-state index contributed by atoms with van der Waals surface area (Å²) in [7, 11) is 1.47. The highest BCUT2D eigenvalue weighted by Gasteiger charge is 2.24. The molecule has 0 fully saturated rings. The number of benzene rings is 1. The average Bonchev–Trinajstić information content (AvgIpc) is 2.57. The van der Waals surface area contributed by atoms with Crippen molar-refractivity contribution in [2.24, 2.45) is 0 Å². The number of methoxy groups -OCH3 is 1. The third-order valence-corrected chi connectivity index (χ3v) is 4.56. The fourth-order valence-electron chi connectivity index (χ4n) is 2.34. The van der Waals surface area contributed by atoms with Crippen LogP contribution in [0.3, 0.4) is 0 Å². The molecule has 0 aliphatic rings. The zero-order valence-corrected chi connectivity index (χ0v) is 17.7. The van der Waals surface area contributed by atoms with Crippen LogP contribution in [0.1, 0.15) is 45.7 Å². The van der Waals surface area contributed by atoms with E-state index in [2.05, 4.69) is 6.58 Å². The number of allylic oxidation sites excluding steroid dienone is 4. The molecule has 2 nitrogen and oxygen atoms in total. The number of hydrogen-bond donors (Lipinski definition) is 0. The summed E-state index contributed by atoms with van der Waals surface area (Å²) in [6, 6.07) is 3.71. The van der Waals surface area contributed by atoms with Crippen LogP contribution in [0.15, 0.2) is 47.5 Å². The van der Waals surface area contributed by atoms with Crippen molar-refractivity contribution in [2.45, 2.75) is 45.8 Å². The normalized spacial score (nSPS) is 13.7. The summed E-state index contributed by atoms with van der Waals surface area (Å²) >= 11 is 1.59. The molecule has 0 saturated carbocycles. The van der Waals surface area contributed by atoms with E-state index in [4.69, 9.17) is 9.47 Å². The molecule has 0 aliphatic heterocycles. The highest BCUT2D eigenvalue weighted by Crippen LogP contribution is 2.40. The van der Waals surface area contributed by atoms with Gasteiger partial charge in [0, 0.05) is 16.9 Å². The van der Waals surface area contributed by atoms with Crippen LogP contribution in [0.2, 0.25) is 0 Å². The van der Waals surface area contributed by atoms with Gasteiger partial charge in [-0.25, -0.2) is 8.78 Å². The molecule has 0 bridgehead atoms. The molecule has 0 aliphatic carbocycles. The van der Waals surface area contributed by atoms with Crippen LogP contribution in [-0.4, -0.2) is 13.4 Å². The monoisotopic (exact) mass is 400 g/mol. The summed E-state index contributed by atoms with van der Waals surface area (Å²) in [6.07, 6.45) is 1.95. The first-order chi connectivity index (χ1) is 12.4. The van der Waals surface area contributed by atoms with Gasteiger partial charge in [-0.05, 0) is 37.1 Å². The summed E-state index contributed by atoms with van der Waals surface area (Å²) in [4.78, 5) is 0. The second-order valence-electron chi connectivity index (χ2n) is 7.16. The van der Waals surface area contributed by atoms with Gasteiger partial charge in [-0.1, -0.05) is 33.4 Å². The van der Waals surface area contributed by atoms with Gasteiger partial charge in [0.15, 0.2) is 23.1 Å². The second-order valence-corrected chi connectivity index (χ2v) is 8.02. The second kappa shape index (κ2) is 9.40. The summed E-state index contributed by atoms with van der Waals surface area (Å²) in [5.74, 6) is -2.62. The Morgan fingerprint density at radius 2 is 1.74 bits per heavy atom. The van der Waals surface area contributed by atoms with Crippen molar-refractivity contribution in [3.63, 3.8) is 0 Å². The van der Waals surface area contributed by atoms with Gasteiger partial charge in [0.05, 0.1) is 7.11 Å². The Balaban J connectivity index is 3.71. The zero-order chi connectivity index (χ0) is 20.9. The van der Waals surface area contributed by atoms with Gasteiger partial charge in [-0.2, -0.15) is 16.2 Å². The molecule has 0 aromatic heterocycles. The van der Waals surface area contributed by atoms with Crippen molar-refractivity contribution < 1.29 is 22.6 Å². The molecule has 0 N–H and O–H groups in total. The van der Waals surface area contributed by atoms with Crippen molar-refractivity contribution in [2.75, 3.05) is 13.4 Å². The molecule has 0 amide bonds. The van der Waals surface area contributed by atoms with E-state index in [1.807, 2.05) is 33.1 Å². The molecule has 1 aromatic carbocycles. The van der Waals surface area contributed by atoms with E-state index in [9.17, 15) is 13.2 Å². The number of thioether (sulfide) groups is 1. The molecule has 0 spiro atoms. The molecule has 0 radical (unpaired) electrons. The molecule has 1 aromatic rings. The van der Waals surface area contributed by atoms with E-state index < -0.39 is 23.2 Å². The van der Waals surface area contributed by atoms with Crippen LogP contribution in [0.4, 0.5) is 13.2 Å². The first-order valence-electron chi connectivity index (χ1n) is 8.40. The maximum absolute atomic E-state index is 14.4. The van der Waals surface area contributed by atoms with E-state index in [-0.39, 0.29) is 16.7 Å². The first kappa shape index (κ1) is 23.2. The van der Waals surface area contributed by atoms with Gasteiger partial charge >= 0.3 is 0 Å². The van der Waals surface area contributed by atoms with Crippen LogP contribution >= 0.6 is 11.8 Å². The summed E-state index contributed by atoms with van der Waals surface area (Å²) < 4.78 is 52.7. The molecular weight excluding hydrogens is 373 g/mol.